The molecule has 30 heavy (non-hydrogen) atoms. The molecule has 3 aromatic carbocycles. The van der Waals surface area contributed by atoms with Crippen LogP contribution < -0.4 is 14.8 Å². The molecule has 1 heterocycles. The van der Waals surface area contributed by atoms with E-state index < -0.39 is 0 Å². The van der Waals surface area contributed by atoms with Crippen LogP contribution in [0.25, 0.3) is 11.0 Å². The first-order chi connectivity index (χ1) is 14.6. The van der Waals surface area contributed by atoms with Gasteiger partial charge in [0.15, 0.2) is 11.5 Å². The van der Waals surface area contributed by atoms with Gasteiger partial charge in [-0.2, -0.15) is 0 Å². The molecule has 0 radical (unpaired) electrons. The normalized spacial score (nSPS) is 11.0. The van der Waals surface area contributed by atoms with Crippen LogP contribution in [-0.4, -0.2) is 17.1 Å². The van der Waals surface area contributed by atoms with E-state index in [9.17, 15) is 4.39 Å². The quantitative estimate of drug-likeness (QED) is 0.405. The summed E-state index contributed by atoms with van der Waals surface area (Å²) in [7, 11) is 1.60. The van der Waals surface area contributed by atoms with Crippen LogP contribution in [-0.2, 0) is 19.7 Å². The summed E-state index contributed by atoms with van der Waals surface area (Å²) in [6.07, 6.45) is 0. The zero-order chi connectivity index (χ0) is 20.9. The first kappa shape index (κ1) is 20.2. The lowest BCUT2D eigenvalue weighted by Crippen LogP contribution is -2.15. The number of halogens is 2. The molecule has 0 bridgehead atoms. The van der Waals surface area contributed by atoms with E-state index in [4.69, 9.17) is 21.1 Å². The number of hydrogen-bond acceptors (Lipinski definition) is 4. The van der Waals surface area contributed by atoms with Crippen molar-refractivity contribution in [2.45, 2.75) is 19.7 Å². The van der Waals surface area contributed by atoms with E-state index in [0.29, 0.717) is 35.2 Å². The summed E-state index contributed by atoms with van der Waals surface area (Å²) in [5.74, 6) is 1.73. The van der Waals surface area contributed by atoms with Gasteiger partial charge >= 0.3 is 0 Å². The van der Waals surface area contributed by atoms with Crippen molar-refractivity contribution in [2.75, 3.05) is 7.11 Å². The van der Waals surface area contributed by atoms with E-state index in [0.717, 1.165) is 22.4 Å². The Morgan fingerprint density at radius 2 is 1.90 bits per heavy atom. The fraction of sp³-hybridized carbons (Fsp3) is 0.174. The molecule has 0 unspecified atom stereocenters. The largest absolute Gasteiger partial charge is 0.493 e. The van der Waals surface area contributed by atoms with Gasteiger partial charge in [-0.1, -0.05) is 41.9 Å². The van der Waals surface area contributed by atoms with Crippen LogP contribution in [0.2, 0.25) is 5.02 Å². The number of imidazole rings is 1. The second-order valence-corrected chi connectivity index (χ2v) is 7.18. The molecule has 0 amide bonds. The van der Waals surface area contributed by atoms with Crippen molar-refractivity contribution in [3.05, 3.63) is 88.5 Å². The molecule has 0 saturated heterocycles. The highest BCUT2D eigenvalue weighted by Gasteiger charge is 2.12. The highest BCUT2D eigenvalue weighted by atomic mass is 35.5. The summed E-state index contributed by atoms with van der Waals surface area (Å²) in [5, 5.41) is 3.71. The maximum absolute atomic E-state index is 13.3. The first-order valence-electron chi connectivity index (χ1n) is 9.51. The van der Waals surface area contributed by atoms with Crippen LogP contribution in [0.5, 0.6) is 11.5 Å². The molecule has 7 heteroatoms. The summed E-state index contributed by atoms with van der Waals surface area (Å²) < 4.78 is 24.8. The third kappa shape index (κ3) is 4.56. The van der Waals surface area contributed by atoms with Gasteiger partial charge in [-0.3, -0.25) is 0 Å². The zero-order valence-electron chi connectivity index (χ0n) is 16.4. The number of nitrogens with one attached hydrogen (secondary N) is 2. The Labute approximate surface area is 178 Å². The third-order valence-electron chi connectivity index (χ3n) is 4.71. The van der Waals surface area contributed by atoms with Crippen LogP contribution >= 0.6 is 11.6 Å². The molecule has 0 atom stereocenters. The van der Waals surface area contributed by atoms with Crippen molar-refractivity contribution in [1.29, 1.82) is 0 Å². The average molecular weight is 426 g/mol. The maximum Gasteiger partial charge on any atom is 0.166 e. The van der Waals surface area contributed by atoms with E-state index in [1.165, 1.54) is 12.1 Å². The van der Waals surface area contributed by atoms with E-state index in [1.54, 1.807) is 13.2 Å². The van der Waals surface area contributed by atoms with Gasteiger partial charge < -0.3 is 19.8 Å². The lowest BCUT2D eigenvalue weighted by atomic mass is 10.1. The molecular formula is C23H21ClFN3O2. The van der Waals surface area contributed by atoms with Gasteiger partial charge in [0.05, 0.1) is 29.7 Å². The van der Waals surface area contributed by atoms with Crippen LogP contribution in [0.4, 0.5) is 4.39 Å². The van der Waals surface area contributed by atoms with Crippen LogP contribution in [0.15, 0.2) is 60.7 Å². The molecule has 0 aliphatic heterocycles. The van der Waals surface area contributed by atoms with Gasteiger partial charge in [-0.15, -0.1) is 0 Å². The topological polar surface area (TPSA) is 59.2 Å². The fourth-order valence-corrected chi connectivity index (χ4v) is 3.44. The van der Waals surface area contributed by atoms with Crippen LogP contribution in [0, 0.1) is 5.82 Å². The second kappa shape index (κ2) is 9.15. The molecule has 5 nitrogen and oxygen atoms in total. The zero-order valence-corrected chi connectivity index (χ0v) is 17.2. The SMILES string of the molecule is COc1cccc(CNCc2nc3ccccc3[nH]2)c1OCc1ccc(F)cc1Cl. The van der Waals surface area contributed by atoms with E-state index in [1.807, 2.05) is 42.5 Å². The number of aromatic amines is 1. The Balaban J connectivity index is 1.46. The Morgan fingerprint density at radius 3 is 2.70 bits per heavy atom. The highest BCUT2D eigenvalue weighted by molar-refractivity contribution is 6.31. The summed E-state index contributed by atoms with van der Waals surface area (Å²) in [6.45, 7) is 1.34. The Hall–Kier alpha value is -3.09. The van der Waals surface area contributed by atoms with E-state index in [-0.39, 0.29) is 12.4 Å². The predicted octanol–water partition coefficient (Wildman–Crippen LogP) is 5.23. The van der Waals surface area contributed by atoms with Crippen molar-refractivity contribution < 1.29 is 13.9 Å². The molecular weight excluding hydrogens is 405 g/mol. The monoisotopic (exact) mass is 425 g/mol. The number of ether oxygens (including phenoxy) is 2. The Bertz CT molecular complexity index is 1130. The number of rotatable bonds is 8. The minimum Gasteiger partial charge on any atom is -0.493 e. The van der Waals surface area contributed by atoms with E-state index in [2.05, 4.69) is 15.3 Å². The van der Waals surface area contributed by atoms with Gasteiger partial charge in [0, 0.05) is 17.7 Å². The average Bonchev–Trinajstić information content (AvgIpc) is 3.16. The molecule has 0 aliphatic rings. The van der Waals surface area contributed by atoms with Gasteiger partial charge in [0.1, 0.15) is 18.2 Å². The molecule has 0 fully saturated rings. The lowest BCUT2D eigenvalue weighted by Gasteiger charge is -2.16. The lowest BCUT2D eigenvalue weighted by molar-refractivity contribution is 0.280. The number of fused-ring (bicyclic) bond motifs is 1. The molecule has 4 rings (SSSR count). The smallest absolute Gasteiger partial charge is 0.166 e. The van der Waals surface area contributed by atoms with Crippen molar-refractivity contribution in [3.8, 4) is 11.5 Å². The Morgan fingerprint density at radius 1 is 1.03 bits per heavy atom. The molecule has 0 aliphatic carbocycles. The number of H-pyrrole nitrogens is 1. The molecule has 154 valence electrons. The van der Waals surface area contributed by atoms with Crippen molar-refractivity contribution in [1.82, 2.24) is 15.3 Å². The van der Waals surface area contributed by atoms with Crippen molar-refractivity contribution >= 4 is 22.6 Å². The number of benzene rings is 3. The molecule has 0 spiro atoms. The van der Waals surface area contributed by atoms with Crippen LogP contribution in [0.1, 0.15) is 17.0 Å². The van der Waals surface area contributed by atoms with Gasteiger partial charge in [0.25, 0.3) is 0 Å². The van der Waals surface area contributed by atoms with Crippen molar-refractivity contribution in [2.24, 2.45) is 0 Å². The molecule has 1 aromatic heterocycles. The maximum atomic E-state index is 13.3. The van der Waals surface area contributed by atoms with Gasteiger partial charge in [-0.05, 0) is 30.3 Å². The molecule has 2 N–H and O–H groups in total. The molecule has 0 saturated carbocycles. The number of hydrogen-bond donors (Lipinski definition) is 2. The summed E-state index contributed by atoms with van der Waals surface area (Å²) in [6, 6.07) is 17.9. The van der Waals surface area contributed by atoms with E-state index >= 15 is 0 Å². The first-order valence-corrected chi connectivity index (χ1v) is 9.89. The summed E-state index contributed by atoms with van der Waals surface area (Å²) >= 11 is 6.12. The van der Waals surface area contributed by atoms with Gasteiger partial charge in [-0.25, -0.2) is 9.37 Å². The third-order valence-corrected chi connectivity index (χ3v) is 5.07. The van der Waals surface area contributed by atoms with Crippen LogP contribution in [0.3, 0.4) is 0 Å². The molecule has 4 aromatic rings. The number of nitrogens with zero attached hydrogens (tertiary/aromatic N) is 1. The summed E-state index contributed by atoms with van der Waals surface area (Å²) in [4.78, 5) is 7.88. The fourth-order valence-electron chi connectivity index (χ4n) is 3.22. The minimum atomic E-state index is -0.378. The number of methoxy groups -OCH3 is 1. The Kier molecular flexibility index (Phi) is 6.16. The van der Waals surface area contributed by atoms with Crippen molar-refractivity contribution in [3.63, 3.8) is 0 Å². The number of aromatic nitrogens is 2. The predicted molar refractivity (Wildman–Crippen MR) is 115 cm³/mol. The minimum absolute atomic E-state index is 0.204. The second-order valence-electron chi connectivity index (χ2n) is 6.78. The standard InChI is InChI=1S/C23H21ClFN3O2/c1-29-21-8-4-5-15(23(21)30-14-16-9-10-17(25)11-18(16)24)12-26-13-22-27-19-6-2-3-7-20(19)28-22/h2-11,26H,12-14H2,1H3,(H,27,28). The number of para-hydroxylation sites is 3. The highest BCUT2D eigenvalue weighted by Crippen LogP contribution is 2.32. The summed E-state index contributed by atoms with van der Waals surface area (Å²) in [5.41, 5.74) is 3.58. The van der Waals surface area contributed by atoms with Gasteiger partial charge in [0.2, 0.25) is 0 Å².